The molecule has 0 saturated carbocycles. The first kappa shape index (κ1) is 65.8. The monoisotopic (exact) mass is 1150 g/mol. The maximum absolute atomic E-state index is 13.5. The van der Waals surface area contributed by atoms with Gasteiger partial charge in [0.05, 0.1) is 0 Å². The van der Waals surface area contributed by atoms with Crippen molar-refractivity contribution >= 4 is 69.7 Å². The van der Waals surface area contributed by atoms with Crippen molar-refractivity contribution in [2.75, 3.05) is 0 Å². The fraction of sp³-hybridized carbons (Fsp3) is 0.917. The van der Waals surface area contributed by atoms with Crippen LogP contribution < -0.4 is 0 Å². The topological polar surface area (TPSA) is 23.9 Å². The molecule has 340 valence electrons. The number of hydrogen-bond donors (Lipinski definition) is 1. The van der Waals surface area contributed by atoms with E-state index in [1.807, 2.05) is 0 Å². The minimum atomic E-state index is -6.32. The number of allylic oxidation sites excluding steroid dienone is 1. The van der Waals surface area contributed by atoms with E-state index in [1.165, 1.54) is 6.08 Å². The summed E-state index contributed by atoms with van der Waals surface area (Å²) in [4.78, 5) is 0. The predicted octanol–water partition coefficient (Wildman–Crippen LogP) is 14.7. The molecule has 0 aliphatic rings. The van der Waals surface area contributed by atoms with Gasteiger partial charge in [0.15, 0.2) is 0 Å². The summed E-state index contributed by atoms with van der Waals surface area (Å²) in [6.07, 6.45) is -56.4. The number of unbranched alkanes of at least 4 members (excludes halogenated alkanes) is 3. The summed E-state index contributed by atoms with van der Waals surface area (Å²) in [5, 5.41) is 0. The molecule has 0 rings (SSSR count). The van der Waals surface area contributed by atoms with Crippen LogP contribution >= 0.6 is 45.2 Å². The van der Waals surface area contributed by atoms with Gasteiger partial charge in [-0.15, -0.1) is 6.58 Å². The van der Waals surface area contributed by atoms with Crippen LogP contribution in [0.2, 0.25) is 0 Å². The molecule has 0 spiro atoms. The van der Waals surface area contributed by atoms with Gasteiger partial charge in [-0.1, -0.05) is 35.1 Å². The average molecular weight is 1150 g/mol. The van der Waals surface area contributed by atoms with Gasteiger partial charge in [-0.3, -0.25) is 0 Å². The van der Waals surface area contributed by atoms with E-state index in [-0.39, 0.29) is 43.8 Å². The molecule has 4 radical (unpaired) electrons. The Hall–Kier alpha value is -0.363. The fourth-order valence-electron chi connectivity index (χ4n) is 3.24. The van der Waals surface area contributed by atoms with E-state index in [9.17, 15) is 123 Å². The second-order valence-corrected chi connectivity index (χ2v) is 13.8. The Balaban J connectivity index is -0.000000254. The molecular weight excluding hydrogens is 1130 g/mol. The molecule has 0 aromatic rings. The van der Waals surface area contributed by atoms with Crippen molar-refractivity contribution in [3.05, 3.63) is 12.7 Å². The Bertz CT molecular complexity index is 1080. The van der Waals surface area contributed by atoms with Gasteiger partial charge in [0.25, 0.3) is 17.0 Å². The van der Waals surface area contributed by atoms with Crippen LogP contribution in [0.25, 0.3) is 0 Å². The third-order valence-corrected chi connectivity index (χ3v) is 8.67. The van der Waals surface area contributed by atoms with Gasteiger partial charge in [0.1, 0.15) is 0 Å². The number of hydrogen-bond acceptors (Lipinski definition) is 1. The summed E-state index contributed by atoms with van der Waals surface area (Å²) in [5.74, 6) is 0. The zero-order valence-electron chi connectivity index (χ0n) is 27.2. The van der Waals surface area contributed by atoms with Gasteiger partial charge in [0, 0.05) is 18.8 Å². The Morgan fingerprint density at radius 1 is 0.439 bits per heavy atom. The first-order chi connectivity index (χ1) is 24.2. The Morgan fingerprint density at radius 2 is 0.684 bits per heavy atom. The molecule has 0 aliphatic carbocycles. The average Bonchev–Trinajstić information content (AvgIpc) is 2.94. The summed E-state index contributed by atoms with van der Waals surface area (Å²) in [7, 11) is 0. The van der Waals surface area contributed by atoms with E-state index in [0.29, 0.717) is 0 Å². The molecule has 33 heteroatoms. The molecule has 0 amide bonds. The number of halogens is 30. The normalized spacial score (nSPS) is 14.8. The zero-order valence-corrected chi connectivity index (χ0v) is 32.7. The molecule has 0 fully saturated rings. The second-order valence-electron chi connectivity index (χ2n) is 10.5. The molecular formula is C24H23AlBF28I2N. The molecule has 0 bridgehead atoms. The SMILES string of the molecule is C=CCCCCC(F)(C(F)(F)F)C(F)(F)F.FC(F)(F)C(F)(CCCCC(I)CC(F)(C(F)(F)F)C(F)(F)F)C(F)(F)F.FC(F)(F)C(F)(I)C(F)(F)F.[B].[NH]=[Al]. The molecule has 1 unspecified atom stereocenters. The second kappa shape index (κ2) is 23.2. The fourth-order valence-corrected chi connectivity index (χ4v) is 4.29. The number of alkyl halides is 30. The van der Waals surface area contributed by atoms with E-state index in [4.69, 9.17) is 4.35 Å². The van der Waals surface area contributed by atoms with Crippen LogP contribution in [-0.4, -0.2) is 98.5 Å². The van der Waals surface area contributed by atoms with Crippen molar-refractivity contribution < 1.29 is 123 Å². The predicted molar refractivity (Wildman–Crippen MR) is 162 cm³/mol. The quantitative estimate of drug-likeness (QED) is 0.0503. The van der Waals surface area contributed by atoms with Gasteiger partial charge in [-0.05, 0) is 67.5 Å². The molecule has 0 saturated heterocycles. The summed E-state index contributed by atoms with van der Waals surface area (Å²) >= 11 is 2.30. The van der Waals surface area contributed by atoms with Crippen molar-refractivity contribution in [3.63, 3.8) is 0 Å². The first-order valence-electron chi connectivity index (χ1n) is 13.7. The molecule has 0 heterocycles. The van der Waals surface area contributed by atoms with Crippen molar-refractivity contribution in [1.82, 2.24) is 0 Å². The van der Waals surface area contributed by atoms with E-state index < -0.39 is 119 Å². The van der Waals surface area contributed by atoms with Crippen LogP contribution in [0, 0.1) is 4.35 Å². The third kappa shape index (κ3) is 19.1. The standard InChI is InChI=1S/C12H11F14I.C9H11F7.C3F7I.Al.B.HN/c13-7(9(15,16)17,10(18,19)20)4-2-1-3-6(27)5-8(14,11(21,22)23)12(24,25)26;1-2-3-4-5-6-7(10,8(11,12)13)9(14,15)16;4-1(11,2(5,6)7)3(8,9)10;;;/h6H,1-5H2;2H,1,3-6H2;;;;1H. The third-order valence-electron chi connectivity index (χ3n) is 6.38. The van der Waals surface area contributed by atoms with Crippen molar-refractivity contribution in [3.8, 4) is 0 Å². The summed E-state index contributed by atoms with van der Waals surface area (Å²) in [6.45, 7) is 3.25. The minimum absolute atomic E-state index is 0. The summed E-state index contributed by atoms with van der Waals surface area (Å²) in [6, 6.07) is 0. The first-order valence-corrected chi connectivity index (χ1v) is 16.6. The molecule has 1 N–H and O–H groups in total. The molecule has 1 atom stereocenters. The molecule has 57 heavy (non-hydrogen) atoms. The van der Waals surface area contributed by atoms with Gasteiger partial charge >= 0.3 is 73.5 Å². The molecule has 1 nitrogen and oxygen atoms in total. The van der Waals surface area contributed by atoms with Crippen molar-refractivity contribution in [2.45, 2.75) is 132 Å². The molecule has 0 aromatic heterocycles. The van der Waals surface area contributed by atoms with Crippen LogP contribution in [0.1, 0.15) is 57.8 Å². The van der Waals surface area contributed by atoms with Gasteiger partial charge in [-0.25, -0.2) is 17.6 Å². The number of rotatable bonds is 12. The van der Waals surface area contributed by atoms with Crippen molar-refractivity contribution in [2.24, 2.45) is 0 Å². The maximum atomic E-state index is 13.5. The number of nitrogens with one attached hydrogen (secondary N) is 1. The Morgan fingerprint density at radius 3 is 0.877 bits per heavy atom. The zero-order chi connectivity index (χ0) is 46.6. The van der Waals surface area contributed by atoms with E-state index >= 15 is 0 Å². The summed E-state index contributed by atoms with van der Waals surface area (Å²) in [5.41, 5.74) is -16.3. The Labute approximate surface area is 340 Å². The Kier molecular flexibility index (Phi) is 26.7. The summed E-state index contributed by atoms with van der Waals surface area (Å²) < 4.78 is 338. The van der Waals surface area contributed by atoms with E-state index in [2.05, 4.69) is 6.58 Å². The van der Waals surface area contributed by atoms with Crippen LogP contribution in [0.5, 0.6) is 0 Å². The van der Waals surface area contributed by atoms with Gasteiger partial charge in [0.2, 0.25) is 0 Å². The molecule has 0 aliphatic heterocycles. The van der Waals surface area contributed by atoms with Crippen LogP contribution in [0.3, 0.4) is 0 Å². The van der Waals surface area contributed by atoms with E-state index in [0.717, 1.165) is 22.6 Å². The van der Waals surface area contributed by atoms with Crippen LogP contribution in [-0.2, 0) is 0 Å². The van der Waals surface area contributed by atoms with Crippen molar-refractivity contribution in [1.29, 1.82) is 4.35 Å². The van der Waals surface area contributed by atoms with Crippen LogP contribution in [0.4, 0.5) is 123 Å². The molecule has 0 aromatic carbocycles. The van der Waals surface area contributed by atoms with Gasteiger partial charge < -0.3 is 0 Å². The van der Waals surface area contributed by atoms with Gasteiger partial charge in [-0.2, -0.15) is 105 Å². The van der Waals surface area contributed by atoms with Crippen LogP contribution in [0.15, 0.2) is 12.7 Å². The van der Waals surface area contributed by atoms with E-state index in [1.54, 1.807) is 16.1 Å².